The molecule has 0 aliphatic carbocycles. The number of carbonyl (C=O) groups excluding carboxylic acids is 1. The Morgan fingerprint density at radius 2 is 1.83 bits per heavy atom. The molecule has 2 nitrogen and oxygen atoms in total. The van der Waals surface area contributed by atoms with E-state index in [2.05, 4.69) is 15.9 Å². The molecular weight excluding hydrogens is 311 g/mol. The van der Waals surface area contributed by atoms with Crippen molar-refractivity contribution in [2.24, 2.45) is 0 Å². The largest absolute Gasteiger partial charge is 0.417 e. The Kier molecular flexibility index (Phi) is 4.78. The molecule has 1 amide bonds. The second-order valence-corrected chi connectivity index (χ2v) is 4.58. The quantitative estimate of drug-likeness (QED) is 0.824. The molecule has 100 valence electrons. The number of halogens is 4. The average molecular weight is 324 g/mol. The fourth-order valence-corrected chi connectivity index (χ4v) is 1.98. The van der Waals surface area contributed by atoms with Gasteiger partial charge in [-0.25, -0.2) is 0 Å². The van der Waals surface area contributed by atoms with Gasteiger partial charge in [-0.15, -0.1) is 0 Å². The molecule has 0 heterocycles. The van der Waals surface area contributed by atoms with Gasteiger partial charge in [-0.2, -0.15) is 13.2 Å². The molecule has 0 N–H and O–H groups in total. The van der Waals surface area contributed by atoms with Gasteiger partial charge < -0.3 is 4.90 Å². The zero-order valence-corrected chi connectivity index (χ0v) is 11.6. The van der Waals surface area contributed by atoms with Crippen LogP contribution in [-0.2, 0) is 6.18 Å². The number of alkyl halides is 3. The summed E-state index contributed by atoms with van der Waals surface area (Å²) in [6.07, 6.45) is -4.53. The number of hydrogen-bond acceptors (Lipinski definition) is 1. The number of carbonyl (C=O) groups is 1. The monoisotopic (exact) mass is 323 g/mol. The van der Waals surface area contributed by atoms with E-state index in [4.69, 9.17) is 0 Å². The van der Waals surface area contributed by atoms with E-state index in [9.17, 15) is 18.0 Å². The van der Waals surface area contributed by atoms with Crippen LogP contribution in [0.15, 0.2) is 22.7 Å². The highest BCUT2D eigenvalue weighted by atomic mass is 79.9. The molecule has 0 aromatic heterocycles. The number of hydrogen-bond donors (Lipinski definition) is 0. The van der Waals surface area contributed by atoms with Crippen LogP contribution in [0.25, 0.3) is 0 Å². The summed E-state index contributed by atoms with van der Waals surface area (Å²) in [4.78, 5) is 13.4. The first-order valence-electron chi connectivity index (χ1n) is 5.47. The van der Waals surface area contributed by atoms with Crippen LogP contribution in [0.4, 0.5) is 13.2 Å². The van der Waals surface area contributed by atoms with Crippen LogP contribution in [0.2, 0.25) is 0 Å². The third-order valence-electron chi connectivity index (χ3n) is 2.57. The van der Waals surface area contributed by atoms with Gasteiger partial charge in [-0.1, -0.05) is 15.9 Å². The van der Waals surface area contributed by atoms with Crippen molar-refractivity contribution in [1.29, 1.82) is 0 Å². The van der Waals surface area contributed by atoms with Gasteiger partial charge in [0.25, 0.3) is 5.91 Å². The topological polar surface area (TPSA) is 20.3 Å². The van der Waals surface area contributed by atoms with Gasteiger partial charge in [0.1, 0.15) is 0 Å². The summed E-state index contributed by atoms with van der Waals surface area (Å²) in [5.41, 5.74) is -1.22. The molecular formula is C12H13BrF3NO. The molecule has 0 aliphatic heterocycles. The maximum Gasteiger partial charge on any atom is 0.417 e. The molecule has 1 aromatic carbocycles. The summed E-state index contributed by atoms with van der Waals surface area (Å²) in [7, 11) is 0. The van der Waals surface area contributed by atoms with Crippen molar-refractivity contribution in [3.8, 4) is 0 Å². The third kappa shape index (κ3) is 3.25. The van der Waals surface area contributed by atoms with Gasteiger partial charge in [0, 0.05) is 17.6 Å². The van der Waals surface area contributed by atoms with Crippen LogP contribution in [-0.4, -0.2) is 23.9 Å². The minimum atomic E-state index is -4.53. The average Bonchev–Trinajstić information content (AvgIpc) is 2.28. The summed E-state index contributed by atoms with van der Waals surface area (Å²) < 4.78 is 38.9. The molecule has 0 spiro atoms. The highest BCUT2D eigenvalue weighted by Gasteiger charge is 2.35. The Morgan fingerprint density at radius 1 is 1.28 bits per heavy atom. The lowest BCUT2D eigenvalue weighted by Gasteiger charge is -2.21. The molecule has 0 atom stereocenters. The van der Waals surface area contributed by atoms with E-state index in [-0.39, 0.29) is 5.56 Å². The molecule has 18 heavy (non-hydrogen) atoms. The lowest BCUT2D eigenvalue weighted by Crippen LogP contribution is -2.32. The molecule has 0 saturated heterocycles. The normalized spacial score (nSPS) is 11.4. The number of nitrogens with zero attached hydrogens (tertiary/aromatic N) is 1. The third-order valence-corrected chi connectivity index (χ3v) is 3.06. The highest BCUT2D eigenvalue weighted by Crippen LogP contribution is 2.33. The van der Waals surface area contributed by atoms with Crippen LogP contribution in [0.1, 0.15) is 29.8 Å². The maximum absolute atomic E-state index is 12.8. The van der Waals surface area contributed by atoms with Gasteiger partial charge in [0.05, 0.1) is 11.1 Å². The standard InChI is InChI=1S/C12H13BrF3NO/c1-3-17(4-2)11(18)9-7-8(13)5-6-10(9)12(14,15)16/h5-7H,3-4H2,1-2H3. The number of benzene rings is 1. The lowest BCUT2D eigenvalue weighted by molar-refractivity contribution is -0.138. The molecule has 0 saturated carbocycles. The highest BCUT2D eigenvalue weighted by molar-refractivity contribution is 9.10. The summed E-state index contributed by atoms with van der Waals surface area (Å²) >= 11 is 3.09. The number of rotatable bonds is 3. The van der Waals surface area contributed by atoms with E-state index in [1.807, 2.05) is 0 Å². The smallest absolute Gasteiger partial charge is 0.339 e. The molecule has 1 aromatic rings. The second kappa shape index (κ2) is 5.73. The van der Waals surface area contributed by atoms with E-state index in [1.165, 1.54) is 17.0 Å². The Hall–Kier alpha value is -1.04. The second-order valence-electron chi connectivity index (χ2n) is 3.67. The molecule has 6 heteroatoms. The van der Waals surface area contributed by atoms with Crippen LogP contribution >= 0.6 is 15.9 Å². The van der Waals surface area contributed by atoms with Gasteiger partial charge in [-0.3, -0.25) is 4.79 Å². The first kappa shape index (κ1) is 15.0. The van der Waals surface area contributed by atoms with E-state index >= 15 is 0 Å². The summed E-state index contributed by atoms with van der Waals surface area (Å²) in [6.45, 7) is 4.21. The predicted octanol–water partition coefficient (Wildman–Crippen LogP) is 3.95. The first-order valence-corrected chi connectivity index (χ1v) is 6.26. The van der Waals surface area contributed by atoms with Crippen LogP contribution in [0.3, 0.4) is 0 Å². The fraction of sp³-hybridized carbons (Fsp3) is 0.417. The van der Waals surface area contributed by atoms with Crippen molar-refractivity contribution < 1.29 is 18.0 Å². The zero-order valence-electron chi connectivity index (χ0n) is 10.0. The summed E-state index contributed by atoms with van der Waals surface area (Å²) in [5.74, 6) is -0.603. The Labute approximate surface area is 112 Å². The van der Waals surface area contributed by atoms with Crippen molar-refractivity contribution in [3.63, 3.8) is 0 Å². The van der Waals surface area contributed by atoms with Gasteiger partial charge in [0.15, 0.2) is 0 Å². The van der Waals surface area contributed by atoms with Crippen LogP contribution < -0.4 is 0 Å². The molecule has 0 bridgehead atoms. The van der Waals surface area contributed by atoms with Gasteiger partial charge >= 0.3 is 6.18 Å². The molecule has 0 aliphatic rings. The van der Waals surface area contributed by atoms with E-state index in [1.54, 1.807) is 13.8 Å². The Morgan fingerprint density at radius 3 is 2.28 bits per heavy atom. The van der Waals surface area contributed by atoms with E-state index < -0.39 is 17.6 Å². The lowest BCUT2D eigenvalue weighted by atomic mass is 10.1. The van der Waals surface area contributed by atoms with E-state index in [0.717, 1.165) is 6.07 Å². The van der Waals surface area contributed by atoms with Crippen molar-refractivity contribution >= 4 is 21.8 Å². The fourth-order valence-electron chi connectivity index (χ4n) is 1.62. The molecule has 1 rings (SSSR count). The summed E-state index contributed by atoms with van der Waals surface area (Å²) in [6, 6.07) is 3.41. The zero-order chi connectivity index (χ0) is 13.9. The predicted molar refractivity (Wildman–Crippen MR) is 66.4 cm³/mol. The van der Waals surface area contributed by atoms with E-state index in [0.29, 0.717) is 17.6 Å². The molecule has 0 fully saturated rings. The Bertz CT molecular complexity index is 441. The first-order chi connectivity index (χ1) is 8.31. The molecule has 0 radical (unpaired) electrons. The molecule has 0 unspecified atom stereocenters. The van der Waals surface area contributed by atoms with Gasteiger partial charge in [0.2, 0.25) is 0 Å². The maximum atomic E-state index is 12.8. The van der Waals surface area contributed by atoms with Crippen molar-refractivity contribution in [1.82, 2.24) is 4.90 Å². The van der Waals surface area contributed by atoms with Crippen LogP contribution in [0, 0.1) is 0 Å². The minimum absolute atomic E-state index is 0.319. The van der Waals surface area contributed by atoms with Gasteiger partial charge in [-0.05, 0) is 32.0 Å². The van der Waals surface area contributed by atoms with Crippen molar-refractivity contribution in [2.75, 3.05) is 13.1 Å². The van der Waals surface area contributed by atoms with Crippen LogP contribution in [0.5, 0.6) is 0 Å². The number of amides is 1. The SMILES string of the molecule is CCN(CC)C(=O)c1cc(Br)ccc1C(F)(F)F. The van der Waals surface area contributed by atoms with Crippen molar-refractivity contribution in [3.05, 3.63) is 33.8 Å². The summed E-state index contributed by atoms with van der Waals surface area (Å²) in [5, 5.41) is 0. The Balaban J connectivity index is 3.29. The van der Waals surface area contributed by atoms with Crippen molar-refractivity contribution in [2.45, 2.75) is 20.0 Å². The minimum Gasteiger partial charge on any atom is -0.339 e.